The van der Waals surface area contributed by atoms with E-state index in [9.17, 15) is 14.0 Å². The van der Waals surface area contributed by atoms with Gasteiger partial charge in [0.2, 0.25) is 5.91 Å². The van der Waals surface area contributed by atoms with E-state index in [0.29, 0.717) is 36.5 Å². The summed E-state index contributed by atoms with van der Waals surface area (Å²) in [5, 5.41) is 2.75. The first kappa shape index (κ1) is 19.2. The molecule has 0 saturated carbocycles. The van der Waals surface area contributed by atoms with Gasteiger partial charge in [0.25, 0.3) is 5.91 Å². The maximum Gasteiger partial charge on any atom is 0.257 e. The fourth-order valence-electron chi connectivity index (χ4n) is 2.34. The Morgan fingerprint density at radius 3 is 2.50 bits per heavy atom. The van der Waals surface area contributed by atoms with Gasteiger partial charge in [-0.15, -0.1) is 0 Å². The standard InChI is InChI=1S/C19H22FN3O3/c1-23(17-6-3-2-5-16(17)20)12-4-11-22-18(24)13-26-15-9-7-14(8-10-15)19(21)25/h2-3,5-10H,4,11-13H2,1H3,(H2,21,25)(H,22,24). The monoisotopic (exact) mass is 359 g/mol. The molecule has 0 aliphatic heterocycles. The molecule has 0 fully saturated rings. The number of benzene rings is 2. The van der Waals surface area contributed by atoms with Crippen LogP contribution >= 0.6 is 0 Å². The molecule has 2 amide bonds. The fraction of sp³-hybridized carbons (Fsp3) is 0.263. The number of rotatable bonds is 9. The van der Waals surface area contributed by atoms with Crippen molar-refractivity contribution in [3.63, 3.8) is 0 Å². The average molecular weight is 359 g/mol. The molecule has 0 unspecified atom stereocenters. The van der Waals surface area contributed by atoms with E-state index < -0.39 is 5.91 Å². The fourth-order valence-corrected chi connectivity index (χ4v) is 2.34. The van der Waals surface area contributed by atoms with Gasteiger partial charge in [-0.1, -0.05) is 12.1 Å². The molecule has 0 aliphatic rings. The molecule has 2 rings (SSSR count). The van der Waals surface area contributed by atoms with Crippen LogP contribution < -0.4 is 20.7 Å². The van der Waals surface area contributed by atoms with E-state index in [1.54, 1.807) is 42.3 Å². The van der Waals surface area contributed by atoms with Crippen molar-refractivity contribution in [1.29, 1.82) is 0 Å². The molecule has 6 nitrogen and oxygen atoms in total. The maximum absolute atomic E-state index is 13.7. The first-order chi connectivity index (χ1) is 12.5. The number of nitrogens with zero attached hydrogens (tertiary/aromatic N) is 1. The SMILES string of the molecule is CN(CCCNC(=O)COc1ccc(C(N)=O)cc1)c1ccccc1F. The molecule has 26 heavy (non-hydrogen) atoms. The lowest BCUT2D eigenvalue weighted by Crippen LogP contribution is -2.31. The zero-order chi connectivity index (χ0) is 18.9. The Morgan fingerprint density at radius 1 is 1.15 bits per heavy atom. The summed E-state index contributed by atoms with van der Waals surface area (Å²) in [5.41, 5.74) is 6.06. The summed E-state index contributed by atoms with van der Waals surface area (Å²) >= 11 is 0. The van der Waals surface area contributed by atoms with Crippen LogP contribution in [-0.2, 0) is 4.79 Å². The van der Waals surface area contributed by atoms with Crippen molar-refractivity contribution in [2.75, 3.05) is 31.6 Å². The van der Waals surface area contributed by atoms with Crippen molar-refractivity contribution in [3.05, 3.63) is 59.9 Å². The number of hydrogen-bond acceptors (Lipinski definition) is 4. The average Bonchev–Trinajstić information content (AvgIpc) is 2.64. The number of nitrogens with two attached hydrogens (primary N) is 1. The van der Waals surface area contributed by atoms with E-state index >= 15 is 0 Å². The highest BCUT2D eigenvalue weighted by atomic mass is 19.1. The minimum Gasteiger partial charge on any atom is -0.484 e. The van der Waals surface area contributed by atoms with Crippen LogP contribution in [0.3, 0.4) is 0 Å². The summed E-state index contributed by atoms with van der Waals surface area (Å²) < 4.78 is 19.0. The van der Waals surface area contributed by atoms with Gasteiger partial charge in [-0.05, 0) is 42.8 Å². The topological polar surface area (TPSA) is 84.7 Å². The van der Waals surface area contributed by atoms with Gasteiger partial charge in [-0.2, -0.15) is 0 Å². The number of halogens is 1. The van der Waals surface area contributed by atoms with Gasteiger partial charge in [-0.25, -0.2) is 4.39 Å². The van der Waals surface area contributed by atoms with Crippen LogP contribution in [0, 0.1) is 5.82 Å². The molecule has 0 radical (unpaired) electrons. The number of anilines is 1. The van der Waals surface area contributed by atoms with Gasteiger partial charge in [-0.3, -0.25) is 9.59 Å². The molecule has 7 heteroatoms. The van der Waals surface area contributed by atoms with Crippen molar-refractivity contribution < 1.29 is 18.7 Å². The van der Waals surface area contributed by atoms with Crippen LogP contribution in [0.2, 0.25) is 0 Å². The lowest BCUT2D eigenvalue weighted by molar-refractivity contribution is -0.123. The first-order valence-electron chi connectivity index (χ1n) is 8.22. The smallest absolute Gasteiger partial charge is 0.257 e. The Hall–Kier alpha value is -3.09. The van der Waals surface area contributed by atoms with Crippen LogP contribution in [0.15, 0.2) is 48.5 Å². The van der Waals surface area contributed by atoms with Crippen molar-refractivity contribution in [2.24, 2.45) is 5.73 Å². The number of primary amides is 1. The zero-order valence-corrected chi connectivity index (χ0v) is 14.6. The second-order valence-corrected chi connectivity index (χ2v) is 5.75. The third-order valence-corrected chi connectivity index (χ3v) is 3.76. The Labute approximate surface area is 151 Å². The number of carbonyl (C=O) groups excluding carboxylic acids is 2. The summed E-state index contributed by atoms with van der Waals surface area (Å²) in [6.45, 7) is 0.942. The number of amides is 2. The highest BCUT2D eigenvalue weighted by Gasteiger charge is 2.07. The lowest BCUT2D eigenvalue weighted by Gasteiger charge is -2.19. The van der Waals surface area contributed by atoms with Crippen molar-refractivity contribution in [1.82, 2.24) is 5.32 Å². The van der Waals surface area contributed by atoms with E-state index in [1.807, 2.05) is 0 Å². The molecule has 2 aromatic carbocycles. The van der Waals surface area contributed by atoms with E-state index in [2.05, 4.69) is 5.32 Å². The molecule has 0 aromatic heterocycles. The summed E-state index contributed by atoms with van der Waals surface area (Å²) in [4.78, 5) is 24.6. The molecular formula is C19H22FN3O3. The van der Waals surface area contributed by atoms with Gasteiger partial charge >= 0.3 is 0 Å². The van der Waals surface area contributed by atoms with E-state index in [4.69, 9.17) is 10.5 Å². The lowest BCUT2D eigenvalue weighted by atomic mass is 10.2. The largest absolute Gasteiger partial charge is 0.484 e. The van der Waals surface area contributed by atoms with Gasteiger partial charge in [0.15, 0.2) is 6.61 Å². The third kappa shape index (κ3) is 5.77. The van der Waals surface area contributed by atoms with Gasteiger partial charge in [0.1, 0.15) is 11.6 Å². The van der Waals surface area contributed by atoms with Crippen LogP contribution in [0.1, 0.15) is 16.8 Å². The molecule has 0 aliphatic carbocycles. The van der Waals surface area contributed by atoms with Gasteiger partial charge < -0.3 is 20.7 Å². The summed E-state index contributed by atoms with van der Waals surface area (Å²) in [7, 11) is 1.80. The van der Waals surface area contributed by atoms with Crippen LogP contribution in [0.25, 0.3) is 0 Å². The zero-order valence-electron chi connectivity index (χ0n) is 14.6. The highest BCUT2D eigenvalue weighted by Crippen LogP contribution is 2.16. The molecular weight excluding hydrogens is 337 g/mol. The van der Waals surface area contributed by atoms with Gasteiger partial charge in [0.05, 0.1) is 5.69 Å². The minimum atomic E-state index is -0.519. The van der Waals surface area contributed by atoms with E-state index in [1.165, 1.54) is 18.2 Å². The molecule has 2 aromatic rings. The van der Waals surface area contributed by atoms with Crippen molar-refractivity contribution in [3.8, 4) is 5.75 Å². The molecule has 0 atom stereocenters. The Morgan fingerprint density at radius 2 is 1.85 bits per heavy atom. The highest BCUT2D eigenvalue weighted by molar-refractivity contribution is 5.92. The Kier molecular flexibility index (Phi) is 6.96. The third-order valence-electron chi connectivity index (χ3n) is 3.76. The first-order valence-corrected chi connectivity index (χ1v) is 8.22. The molecule has 0 bridgehead atoms. The predicted molar refractivity (Wildman–Crippen MR) is 97.8 cm³/mol. The van der Waals surface area contributed by atoms with Gasteiger partial charge in [0, 0.05) is 25.7 Å². The predicted octanol–water partition coefficient (Wildman–Crippen LogP) is 1.95. The number of para-hydroxylation sites is 1. The normalized spacial score (nSPS) is 10.2. The summed E-state index contributed by atoms with van der Waals surface area (Å²) in [5.74, 6) is -0.564. The second-order valence-electron chi connectivity index (χ2n) is 5.75. The minimum absolute atomic E-state index is 0.126. The van der Waals surface area contributed by atoms with Crippen molar-refractivity contribution in [2.45, 2.75) is 6.42 Å². The number of ether oxygens (including phenoxy) is 1. The summed E-state index contributed by atoms with van der Waals surface area (Å²) in [6.07, 6.45) is 0.671. The number of nitrogens with one attached hydrogen (secondary N) is 1. The Balaban J connectivity index is 1.66. The number of carbonyl (C=O) groups is 2. The molecule has 138 valence electrons. The molecule has 0 spiro atoms. The maximum atomic E-state index is 13.7. The van der Waals surface area contributed by atoms with E-state index in [-0.39, 0.29) is 18.3 Å². The number of hydrogen-bond donors (Lipinski definition) is 2. The molecule has 0 saturated heterocycles. The molecule has 0 heterocycles. The van der Waals surface area contributed by atoms with Crippen molar-refractivity contribution >= 4 is 17.5 Å². The second kappa shape index (κ2) is 9.41. The molecule has 3 N–H and O–H groups in total. The van der Waals surface area contributed by atoms with E-state index in [0.717, 1.165) is 0 Å². The quantitative estimate of drug-likeness (QED) is 0.670. The van der Waals surface area contributed by atoms with Crippen LogP contribution in [0.4, 0.5) is 10.1 Å². The van der Waals surface area contributed by atoms with Crippen LogP contribution in [0.5, 0.6) is 5.75 Å². The summed E-state index contributed by atoms with van der Waals surface area (Å²) in [6, 6.07) is 12.8. The van der Waals surface area contributed by atoms with Crippen LogP contribution in [-0.4, -0.2) is 38.6 Å². The Bertz CT molecular complexity index is 750.